The summed E-state index contributed by atoms with van der Waals surface area (Å²) in [4.78, 5) is 33.9. The van der Waals surface area contributed by atoms with Crippen molar-refractivity contribution in [2.24, 2.45) is 7.05 Å². The zero-order valence-electron chi connectivity index (χ0n) is 18.3. The summed E-state index contributed by atoms with van der Waals surface area (Å²) in [6.45, 7) is 2.58. The van der Waals surface area contributed by atoms with E-state index in [1.807, 2.05) is 53.1 Å². The summed E-state index contributed by atoms with van der Waals surface area (Å²) < 4.78 is 4.83. The van der Waals surface area contributed by atoms with Crippen molar-refractivity contribution in [3.05, 3.63) is 92.6 Å². The molecule has 0 N–H and O–H groups in total. The Morgan fingerprint density at radius 3 is 1.94 bits per heavy atom. The summed E-state index contributed by atoms with van der Waals surface area (Å²) in [5, 5.41) is 0. The number of piperidine rings is 1. The van der Waals surface area contributed by atoms with Gasteiger partial charge in [-0.2, -0.15) is 4.98 Å². The van der Waals surface area contributed by atoms with Crippen LogP contribution in [-0.2, 0) is 20.1 Å². The SMILES string of the molecule is Cn1c(=O)n(Cc2ccccc2)c(=O)c2c1nc(N1CCCCC1)n2Cc1ccccc1. The van der Waals surface area contributed by atoms with Crippen LogP contribution in [0.3, 0.4) is 0 Å². The van der Waals surface area contributed by atoms with Crippen LogP contribution in [0.25, 0.3) is 11.2 Å². The first-order valence-electron chi connectivity index (χ1n) is 11.2. The van der Waals surface area contributed by atoms with Crippen LogP contribution in [0.15, 0.2) is 70.3 Å². The van der Waals surface area contributed by atoms with Crippen LogP contribution in [0.4, 0.5) is 5.95 Å². The van der Waals surface area contributed by atoms with Gasteiger partial charge in [-0.3, -0.25) is 18.5 Å². The third-order valence-corrected chi connectivity index (χ3v) is 6.22. The minimum absolute atomic E-state index is 0.234. The highest BCUT2D eigenvalue weighted by atomic mass is 16.2. The summed E-state index contributed by atoms with van der Waals surface area (Å²) in [6, 6.07) is 19.7. The topological polar surface area (TPSA) is 65.1 Å². The van der Waals surface area contributed by atoms with Gasteiger partial charge in [0, 0.05) is 20.1 Å². The number of hydrogen-bond donors (Lipinski definition) is 0. The minimum atomic E-state index is -0.346. The third-order valence-electron chi connectivity index (χ3n) is 6.22. The molecule has 32 heavy (non-hydrogen) atoms. The molecular weight excluding hydrogens is 402 g/mol. The Morgan fingerprint density at radius 2 is 1.34 bits per heavy atom. The maximum absolute atomic E-state index is 13.7. The molecule has 2 aromatic carbocycles. The van der Waals surface area contributed by atoms with Crippen LogP contribution in [0.5, 0.6) is 0 Å². The highest BCUT2D eigenvalue weighted by Gasteiger charge is 2.24. The lowest BCUT2D eigenvalue weighted by Gasteiger charge is -2.28. The van der Waals surface area contributed by atoms with E-state index in [0.29, 0.717) is 17.7 Å². The van der Waals surface area contributed by atoms with Crippen LogP contribution in [0.1, 0.15) is 30.4 Å². The number of rotatable bonds is 5. The van der Waals surface area contributed by atoms with E-state index in [-0.39, 0.29) is 17.8 Å². The summed E-state index contributed by atoms with van der Waals surface area (Å²) >= 11 is 0. The minimum Gasteiger partial charge on any atom is -0.342 e. The summed E-state index contributed by atoms with van der Waals surface area (Å²) in [5.41, 5.74) is 2.29. The van der Waals surface area contributed by atoms with E-state index in [0.717, 1.165) is 43.0 Å². The van der Waals surface area contributed by atoms with Gasteiger partial charge in [0.25, 0.3) is 5.56 Å². The summed E-state index contributed by atoms with van der Waals surface area (Å²) in [6.07, 6.45) is 3.41. The van der Waals surface area contributed by atoms with E-state index < -0.39 is 0 Å². The first-order valence-corrected chi connectivity index (χ1v) is 11.2. The number of hydrogen-bond acceptors (Lipinski definition) is 4. The fourth-order valence-electron chi connectivity index (χ4n) is 4.52. The Morgan fingerprint density at radius 1 is 0.781 bits per heavy atom. The average molecular weight is 430 g/mol. The van der Waals surface area contributed by atoms with E-state index in [1.165, 1.54) is 15.6 Å². The maximum Gasteiger partial charge on any atom is 0.332 e. The van der Waals surface area contributed by atoms with Crippen LogP contribution in [0, 0.1) is 0 Å². The molecule has 7 nitrogen and oxygen atoms in total. The van der Waals surface area contributed by atoms with Gasteiger partial charge in [-0.25, -0.2) is 4.79 Å². The van der Waals surface area contributed by atoms with Crippen molar-refractivity contribution in [1.82, 2.24) is 18.7 Å². The van der Waals surface area contributed by atoms with Gasteiger partial charge >= 0.3 is 5.69 Å². The normalized spacial score (nSPS) is 14.2. The molecule has 0 amide bonds. The second-order valence-electron chi connectivity index (χ2n) is 8.42. The largest absolute Gasteiger partial charge is 0.342 e. The van der Waals surface area contributed by atoms with E-state index in [9.17, 15) is 9.59 Å². The van der Waals surface area contributed by atoms with Crippen molar-refractivity contribution in [3.8, 4) is 0 Å². The molecule has 3 heterocycles. The second kappa shape index (κ2) is 8.49. The first-order chi connectivity index (χ1) is 15.6. The fourth-order valence-corrected chi connectivity index (χ4v) is 4.52. The Balaban J connectivity index is 1.73. The first kappa shape index (κ1) is 20.3. The lowest BCUT2D eigenvalue weighted by atomic mass is 10.1. The summed E-state index contributed by atoms with van der Waals surface area (Å²) in [7, 11) is 1.70. The highest BCUT2D eigenvalue weighted by molar-refractivity contribution is 5.75. The fraction of sp³-hybridized carbons (Fsp3) is 0.320. The molecule has 4 aromatic rings. The molecule has 0 radical (unpaired) electrons. The molecule has 0 bridgehead atoms. The molecule has 2 aromatic heterocycles. The molecule has 164 valence electrons. The Hall–Kier alpha value is -3.61. The van der Waals surface area contributed by atoms with Gasteiger partial charge in [0.05, 0.1) is 13.1 Å². The van der Waals surface area contributed by atoms with E-state index in [1.54, 1.807) is 7.05 Å². The molecule has 0 unspecified atom stereocenters. The van der Waals surface area contributed by atoms with Crippen molar-refractivity contribution in [3.63, 3.8) is 0 Å². The molecule has 5 rings (SSSR count). The molecule has 0 saturated carbocycles. The molecule has 0 spiro atoms. The maximum atomic E-state index is 13.7. The van der Waals surface area contributed by atoms with Crippen molar-refractivity contribution in [2.75, 3.05) is 18.0 Å². The van der Waals surface area contributed by atoms with Crippen LogP contribution in [0.2, 0.25) is 0 Å². The molecular formula is C25H27N5O2. The standard InChI is InChI=1S/C25H27N5O2/c1-27-22-21(23(31)30(25(27)32)18-20-13-7-3-8-14-20)29(17-19-11-5-2-6-12-19)24(26-22)28-15-9-4-10-16-28/h2-3,5-8,11-14H,4,9-10,15-18H2,1H3. The van der Waals surface area contributed by atoms with Gasteiger partial charge in [-0.15, -0.1) is 0 Å². The number of imidazole rings is 1. The van der Waals surface area contributed by atoms with Crippen LogP contribution >= 0.6 is 0 Å². The van der Waals surface area contributed by atoms with Crippen molar-refractivity contribution >= 4 is 17.1 Å². The monoisotopic (exact) mass is 429 g/mol. The lowest BCUT2D eigenvalue weighted by Crippen LogP contribution is -2.40. The van der Waals surface area contributed by atoms with Gasteiger partial charge in [0.2, 0.25) is 5.95 Å². The quantitative estimate of drug-likeness (QED) is 0.489. The third kappa shape index (κ3) is 3.64. The van der Waals surface area contributed by atoms with E-state index in [2.05, 4.69) is 17.0 Å². The van der Waals surface area contributed by atoms with Gasteiger partial charge in [-0.05, 0) is 30.4 Å². The second-order valence-corrected chi connectivity index (χ2v) is 8.42. The molecule has 7 heteroatoms. The van der Waals surface area contributed by atoms with Crippen LogP contribution in [-0.4, -0.2) is 31.8 Å². The number of fused-ring (bicyclic) bond motifs is 1. The van der Waals surface area contributed by atoms with Crippen molar-refractivity contribution < 1.29 is 0 Å². The van der Waals surface area contributed by atoms with E-state index in [4.69, 9.17) is 4.98 Å². The average Bonchev–Trinajstić information content (AvgIpc) is 3.22. The smallest absolute Gasteiger partial charge is 0.332 e. The van der Waals surface area contributed by atoms with E-state index >= 15 is 0 Å². The molecule has 1 aliphatic heterocycles. The predicted octanol–water partition coefficient (Wildman–Crippen LogP) is 2.98. The zero-order valence-corrected chi connectivity index (χ0v) is 18.3. The van der Waals surface area contributed by atoms with Gasteiger partial charge < -0.3 is 4.90 Å². The van der Waals surface area contributed by atoms with Crippen molar-refractivity contribution in [2.45, 2.75) is 32.4 Å². The highest BCUT2D eigenvalue weighted by Crippen LogP contribution is 2.24. The van der Waals surface area contributed by atoms with Gasteiger partial charge in [0.1, 0.15) is 0 Å². The van der Waals surface area contributed by atoms with Gasteiger partial charge in [-0.1, -0.05) is 60.7 Å². The Labute approximate surface area is 186 Å². The Kier molecular flexibility index (Phi) is 5.39. The number of nitrogens with zero attached hydrogens (tertiary/aromatic N) is 5. The lowest BCUT2D eigenvalue weighted by molar-refractivity contribution is 0.560. The predicted molar refractivity (Wildman–Crippen MR) is 126 cm³/mol. The molecule has 1 aliphatic rings. The zero-order chi connectivity index (χ0) is 22.1. The molecule has 1 fully saturated rings. The number of anilines is 1. The summed E-state index contributed by atoms with van der Waals surface area (Å²) in [5.74, 6) is 0.771. The molecule has 0 aliphatic carbocycles. The van der Waals surface area contributed by atoms with Gasteiger partial charge in [0.15, 0.2) is 11.2 Å². The number of aryl methyl sites for hydroxylation is 1. The number of benzene rings is 2. The Bertz CT molecular complexity index is 1350. The molecule has 1 saturated heterocycles. The van der Waals surface area contributed by atoms with Crippen LogP contribution < -0.4 is 16.1 Å². The molecule has 0 atom stereocenters. The van der Waals surface area contributed by atoms with Crippen molar-refractivity contribution in [1.29, 1.82) is 0 Å². The number of aromatic nitrogens is 4.